The molecule has 0 bridgehead atoms. The van der Waals surface area contributed by atoms with E-state index in [0.29, 0.717) is 12.2 Å². The third-order valence-corrected chi connectivity index (χ3v) is 5.64. The van der Waals surface area contributed by atoms with Gasteiger partial charge in [-0.05, 0) is 69.3 Å². The van der Waals surface area contributed by atoms with Crippen LogP contribution in [0.2, 0.25) is 0 Å². The van der Waals surface area contributed by atoms with Crippen molar-refractivity contribution in [1.29, 1.82) is 0 Å². The number of esters is 1. The van der Waals surface area contributed by atoms with Crippen LogP contribution in [0.3, 0.4) is 0 Å². The summed E-state index contributed by atoms with van der Waals surface area (Å²) in [7, 11) is 1.38. The van der Waals surface area contributed by atoms with Crippen molar-refractivity contribution in [2.24, 2.45) is 0 Å². The van der Waals surface area contributed by atoms with E-state index >= 15 is 0 Å². The normalized spacial score (nSPS) is 17.7. The molecule has 1 amide bonds. The van der Waals surface area contributed by atoms with E-state index in [1.165, 1.54) is 7.11 Å². The van der Waals surface area contributed by atoms with Crippen LogP contribution in [0.4, 0.5) is 11.4 Å². The maximum absolute atomic E-state index is 12.8. The average molecular weight is 426 g/mol. The first-order chi connectivity index (χ1) is 14.9. The second-order valence-corrected chi connectivity index (χ2v) is 7.69. The summed E-state index contributed by atoms with van der Waals surface area (Å²) < 4.78 is 10.2. The van der Waals surface area contributed by atoms with Gasteiger partial charge in [0.2, 0.25) is 5.91 Å². The van der Waals surface area contributed by atoms with Gasteiger partial charge in [0, 0.05) is 37.1 Å². The summed E-state index contributed by atoms with van der Waals surface area (Å²) in [5.41, 5.74) is 2.36. The molecule has 0 aromatic heterocycles. The zero-order chi connectivity index (χ0) is 22.4. The van der Waals surface area contributed by atoms with E-state index in [0.717, 1.165) is 36.8 Å². The van der Waals surface area contributed by atoms with Gasteiger partial charge in [0.05, 0.1) is 25.3 Å². The SMILES string of the molecule is CCOc1ccc(NC(=O)C(C)N2CCN(c3ccc(C(=O)OC)cc3)CC2C)cc1. The predicted molar refractivity (Wildman–Crippen MR) is 122 cm³/mol. The Bertz CT molecular complexity index is 883. The molecule has 1 saturated heterocycles. The van der Waals surface area contributed by atoms with Crippen molar-refractivity contribution in [1.82, 2.24) is 4.90 Å². The van der Waals surface area contributed by atoms with Gasteiger partial charge in [-0.1, -0.05) is 0 Å². The number of benzene rings is 2. The number of rotatable bonds is 7. The highest BCUT2D eigenvalue weighted by molar-refractivity contribution is 5.94. The number of methoxy groups -OCH3 is 1. The molecule has 0 radical (unpaired) electrons. The fourth-order valence-electron chi connectivity index (χ4n) is 3.91. The maximum atomic E-state index is 12.8. The summed E-state index contributed by atoms with van der Waals surface area (Å²) in [6.45, 7) is 9.02. The van der Waals surface area contributed by atoms with Crippen molar-refractivity contribution >= 4 is 23.3 Å². The lowest BCUT2D eigenvalue weighted by Crippen LogP contribution is -2.57. The number of nitrogens with zero attached hydrogens (tertiary/aromatic N) is 2. The predicted octanol–water partition coefficient (Wildman–Crippen LogP) is 3.41. The van der Waals surface area contributed by atoms with Crippen LogP contribution in [0.1, 0.15) is 31.1 Å². The van der Waals surface area contributed by atoms with Gasteiger partial charge in [-0.3, -0.25) is 9.69 Å². The number of carbonyl (C=O) groups is 2. The average Bonchev–Trinajstić information content (AvgIpc) is 2.79. The van der Waals surface area contributed by atoms with Gasteiger partial charge in [0.15, 0.2) is 0 Å². The zero-order valence-electron chi connectivity index (χ0n) is 18.6. The summed E-state index contributed by atoms with van der Waals surface area (Å²) in [6.07, 6.45) is 0. The summed E-state index contributed by atoms with van der Waals surface area (Å²) >= 11 is 0. The van der Waals surface area contributed by atoms with Crippen LogP contribution in [0.5, 0.6) is 5.75 Å². The molecule has 31 heavy (non-hydrogen) atoms. The molecular formula is C24H31N3O4. The van der Waals surface area contributed by atoms with Gasteiger partial charge in [0.25, 0.3) is 0 Å². The summed E-state index contributed by atoms with van der Waals surface area (Å²) in [5, 5.41) is 3.00. The highest BCUT2D eigenvalue weighted by Gasteiger charge is 2.31. The van der Waals surface area contributed by atoms with E-state index < -0.39 is 0 Å². The van der Waals surface area contributed by atoms with Gasteiger partial charge >= 0.3 is 5.97 Å². The van der Waals surface area contributed by atoms with Crippen LogP contribution in [0.25, 0.3) is 0 Å². The first kappa shape index (κ1) is 22.6. The topological polar surface area (TPSA) is 71.1 Å². The Morgan fingerprint density at radius 3 is 2.35 bits per heavy atom. The van der Waals surface area contributed by atoms with Crippen LogP contribution in [-0.4, -0.2) is 62.2 Å². The van der Waals surface area contributed by atoms with Crippen molar-refractivity contribution in [3.05, 3.63) is 54.1 Å². The number of hydrogen-bond donors (Lipinski definition) is 1. The largest absolute Gasteiger partial charge is 0.494 e. The van der Waals surface area contributed by atoms with Gasteiger partial charge in [0.1, 0.15) is 5.75 Å². The molecule has 166 valence electrons. The number of amides is 1. The second-order valence-electron chi connectivity index (χ2n) is 7.69. The molecule has 3 rings (SSSR count). The fourth-order valence-corrected chi connectivity index (χ4v) is 3.91. The van der Waals surface area contributed by atoms with Crippen LogP contribution in [0, 0.1) is 0 Å². The highest BCUT2D eigenvalue weighted by Crippen LogP contribution is 2.22. The van der Waals surface area contributed by atoms with Gasteiger partial charge in [-0.2, -0.15) is 0 Å². The Balaban J connectivity index is 1.57. The molecule has 7 heteroatoms. The molecule has 1 aliphatic heterocycles. The Kier molecular flexibility index (Phi) is 7.52. The number of anilines is 2. The molecule has 1 fully saturated rings. The first-order valence-electron chi connectivity index (χ1n) is 10.7. The zero-order valence-corrected chi connectivity index (χ0v) is 18.6. The number of hydrogen-bond acceptors (Lipinski definition) is 6. The van der Waals surface area contributed by atoms with E-state index in [4.69, 9.17) is 9.47 Å². The molecule has 1 heterocycles. The highest BCUT2D eigenvalue weighted by atomic mass is 16.5. The van der Waals surface area contributed by atoms with Crippen molar-refractivity contribution in [2.45, 2.75) is 32.9 Å². The smallest absolute Gasteiger partial charge is 0.337 e. The number of piperazine rings is 1. The summed E-state index contributed by atoms with van der Waals surface area (Å²) in [5.74, 6) is 0.432. The van der Waals surface area contributed by atoms with Crippen molar-refractivity contribution in [3.8, 4) is 5.75 Å². The molecule has 1 N–H and O–H groups in total. The van der Waals surface area contributed by atoms with E-state index in [2.05, 4.69) is 22.0 Å². The summed E-state index contributed by atoms with van der Waals surface area (Å²) in [4.78, 5) is 28.9. The van der Waals surface area contributed by atoms with E-state index in [9.17, 15) is 9.59 Å². The van der Waals surface area contributed by atoms with Crippen molar-refractivity contribution in [3.63, 3.8) is 0 Å². The molecule has 2 aromatic rings. The Morgan fingerprint density at radius 1 is 1.10 bits per heavy atom. The molecular weight excluding hydrogens is 394 g/mol. The Hall–Kier alpha value is -3.06. The van der Waals surface area contributed by atoms with Gasteiger partial charge in [-0.15, -0.1) is 0 Å². The fraction of sp³-hybridized carbons (Fsp3) is 0.417. The Labute approximate surface area is 183 Å². The first-order valence-corrected chi connectivity index (χ1v) is 10.7. The molecule has 2 atom stereocenters. The van der Waals surface area contributed by atoms with Crippen molar-refractivity contribution < 1.29 is 19.1 Å². The minimum atomic E-state index is -0.336. The van der Waals surface area contributed by atoms with Crippen LogP contribution >= 0.6 is 0 Å². The van der Waals surface area contributed by atoms with E-state index in [1.54, 1.807) is 12.1 Å². The third kappa shape index (κ3) is 5.55. The summed E-state index contributed by atoms with van der Waals surface area (Å²) in [6, 6.07) is 14.8. The quantitative estimate of drug-likeness (QED) is 0.686. The molecule has 0 spiro atoms. The van der Waals surface area contributed by atoms with E-state index in [1.807, 2.05) is 50.2 Å². The third-order valence-electron chi connectivity index (χ3n) is 5.64. The van der Waals surface area contributed by atoms with Crippen molar-refractivity contribution in [2.75, 3.05) is 43.6 Å². The molecule has 0 saturated carbocycles. The second kappa shape index (κ2) is 10.3. The number of ether oxygens (including phenoxy) is 2. The lowest BCUT2D eigenvalue weighted by Gasteiger charge is -2.43. The lowest BCUT2D eigenvalue weighted by atomic mass is 10.1. The molecule has 7 nitrogen and oxygen atoms in total. The Morgan fingerprint density at radius 2 is 1.77 bits per heavy atom. The molecule has 0 aliphatic carbocycles. The lowest BCUT2D eigenvalue weighted by molar-refractivity contribution is -0.121. The minimum Gasteiger partial charge on any atom is -0.494 e. The molecule has 2 unspecified atom stereocenters. The molecule has 1 aliphatic rings. The maximum Gasteiger partial charge on any atom is 0.337 e. The minimum absolute atomic E-state index is 0.0214. The van der Waals surface area contributed by atoms with Crippen LogP contribution in [-0.2, 0) is 9.53 Å². The van der Waals surface area contributed by atoms with Crippen LogP contribution < -0.4 is 15.0 Å². The molecule has 2 aromatic carbocycles. The monoisotopic (exact) mass is 425 g/mol. The van der Waals surface area contributed by atoms with Crippen LogP contribution in [0.15, 0.2) is 48.5 Å². The van der Waals surface area contributed by atoms with Gasteiger partial charge in [-0.25, -0.2) is 4.79 Å². The standard InChI is InChI=1S/C24H31N3O4/c1-5-31-22-12-8-20(9-13-22)25-23(28)18(3)27-15-14-26(16-17(27)2)21-10-6-19(7-11-21)24(29)30-4/h6-13,17-18H,5,14-16H2,1-4H3,(H,25,28). The van der Waals surface area contributed by atoms with E-state index in [-0.39, 0.29) is 24.0 Å². The number of nitrogens with one attached hydrogen (secondary N) is 1. The number of carbonyl (C=O) groups excluding carboxylic acids is 2. The van der Waals surface area contributed by atoms with Gasteiger partial charge < -0.3 is 19.7 Å².